The van der Waals surface area contributed by atoms with Gasteiger partial charge in [0.1, 0.15) is 0 Å². The first-order valence-corrected chi connectivity index (χ1v) is 8.10. The summed E-state index contributed by atoms with van der Waals surface area (Å²) in [5.74, 6) is 2.19. The molecule has 15 heavy (non-hydrogen) atoms. The van der Waals surface area contributed by atoms with Crippen LogP contribution in [0.25, 0.3) is 0 Å². The van der Waals surface area contributed by atoms with E-state index < -0.39 is 10.0 Å². The number of nitrogens with one attached hydrogen (secondary N) is 1. The van der Waals surface area contributed by atoms with Gasteiger partial charge in [-0.05, 0) is 12.7 Å². The number of sulfonamides is 1. The molecule has 0 fully saturated rings. The highest BCUT2D eigenvalue weighted by molar-refractivity contribution is 7.99. The topological polar surface area (TPSA) is 49.4 Å². The minimum Gasteiger partial charge on any atom is -0.312 e. The SMILES string of the molecule is CCSC[C@@H](C)NCCN(C)S(C)(=O)=O. The first-order chi connectivity index (χ1) is 6.88. The number of nitrogens with zero attached hydrogens (tertiary/aromatic N) is 1. The summed E-state index contributed by atoms with van der Waals surface area (Å²) in [6, 6.07) is 0.433. The predicted molar refractivity (Wildman–Crippen MR) is 67.9 cm³/mol. The molecule has 92 valence electrons. The van der Waals surface area contributed by atoms with E-state index in [0.29, 0.717) is 19.1 Å². The summed E-state index contributed by atoms with van der Waals surface area (Å²) < 4.78 is 23.5. The Balaban J connectivity index is 3.61. The molecule has 0 aliphatic heterocycles. The minimum atomic E-state index is -3.03. The number of likely N-dealkylation sites (N-methyl/N-ethyl adjacent to an activating group) is 1. The zero-order valence-corrected chi connectivity index (χ0v) is 11.6. The molecule has 0 aromatic rings. The van der Waals surface area contributed by atoms with Gasteiger partial charge >= 0.3 is 0 Å². The van der Waals surface area contributed by atoms with Crippen molar-refractivity contribution >= 4 is 21.8 Å². The highest BCUT2D eigenvalue weighted by Crippen LogP contribution is 2.00. The predicted octanol–water partition coefficient (Wildman–Crippen LogP) is 0.609. The van der Waals surface area contributed by atoms with Crippen molar-refractivity contribution in [3.63, 3.8) is 0 Å². The normalized spacial score (nSPS) is 14.5. The van der Waals surface area contributed by atoms with E-state index in [1.54, 1.807) is 7.05 Å². The van der Waals surface area contributed by atoms with Crippen LogP contribution in [-0.2, 0) is 10.0 Å². The van der Waals surface area contributed by atoms with E-state index in [4.69, 9.17) is 0 Å². The maximum atomic E-state index is 11.1. The van der Waals surface area contributed by atoms with Gasteiger partial charge in [0.15, 0.2) is 0 Å². The maximum absolute atomic E-state index is 11.1. The van der Waals surface area contributed by atoms with Crippen LogP contribution < -0.4 is 5.32 Å². The third-order valence-electron chi connectivity index (χ3n) is 2.06. The van der Waals surface area contributed by atoms with Crippen LogP contribution >= 0.6 is 11.8 Å². The molecule has 0 aliphatic carbocycles. The molecule has 0 aromatic heterocycles. The van der Waals surface area contributed by atoms with E-state index in [1.165, 1.54) is 10.6 Å². The third-order valence-corrected chi connectivity index (χ3v) is 4.52. The molecule has 0 amide bonds. The quantitative estimate of drug-likeness (QED) is 0.689. The largest absolute Gasteiger partial charge is 0.312 e. The van der Waals surface area contributed by atoms with Crippen LogP contribution in [0.15, 0.2) is 0 Å². The van der Waals surface area contributed by atoms with Gasteiger partial charge in [-0.15, -0.1) is 0 Å². The van der Waals surface area contributed by atoms with Gasteiger partial charge in [-0.1, -0.05) is 6.92 Å². The lowest BCUT2D eigenvalue weighted by Crippen LogP contribution is -2.37. The summed E-state index contributed by atoms with van der Waals surface area (Å²) in [5.41, 5.74) is 0. The van der Waals surface area contributed by atoms with Gasteiger partial charge in [0.05, 0.1) is 6.26 Å². The molecule has 0 heterocycles. The molecule has 0 radical (unpaired) electrons. The highest BCUT2D eigenvalue weighted by atomic mass is 32.2. The van der Waals surface area contributed by atoms with Crippen molar-refractivity contribution in [1.29, 1.82) is 0 Å². The van der Waals surface area contributed by atoms with Gasteiger partial charge in [0.2, 0.25) is 10.0 Å². The first-order valence-electron chi connectivity index (χ1n) is 5.10. The molecule has 0 spiro atoms. The molecule has 6 heteroatoms. The summed E-state index contributed by atoms with van der Waals surface area (Å²) in [7, 11) is -1.43. The Morgan fingerprint density at radius 3 is 2.53 bits per heavy atom. The standard InChI is InChI=1S/C9H22N2O2S2/c1-5-14-8-9(2)10-6-7-11(3)15(4,12)13/h9-10H,5-8H2,1-4H3/t9-/m1/s1. The van der Waals surface area contributed by atoms with Crippen LogP contribution in [0.5, 0.6) is 0 Å². The van der Waals surface area contributed by atoms with Crippen LogP contribution in [0.4, 0.5) is 0 Å². The minimum absolute atomic E-state index is 0.433. The number of hydrogen-bond acceptors (Lipinski definition) is 4. The van der Waals surface area contributed by atoms with Crippen LogP contribution in [0, 0.1) is 0 Å². The summed E-state index contributed by atoms with van der Waals surface area (Å²) >= 11 is 1.89. The van der Waals surface area contributed by atoms with E-state index >= 15 is 0 Å². The van der Waals surface area contributed by atoms with Crippen molar-refractivity contribution < 1.29 is 8.42 Å². The Hall–Kier alpha value is 0.220. The van der Waals surface area contributed by atoms with Crippen molar-refractivity contribution in [3.05, 3.63) is 0 Å². The monoisotopic (exact) mass is 254 g/mol. The van der Waals surface area contributed by atoms with Gasteiger partial charge in [-0.3, -0.25) is 0 Å². The Kier molecular flexibility index (Phi) is 7.60. The van der Waals surface area contributed by atoms with Crippen molar-refractivity contribution in [2.75, 3.05) is 37.9 Å². The third kappa shape index (κ3) is 8.07. The molecule has 0 aromatic carbocycles. The van der Waals surface area contributed by atoms with E-state index in [1.807, 2.05) is 11.8 Å². The first kappa shape index (κ1) is 15.2. The summed E-state index contributed by atoms with van der Waals surface area (Å²) in [6.07, 6.45) is 1.23. The van der Waals surface area contributed by atoms with Gasteiger partial charge in [0.25, 0.3) is 0 Å². The Bertz CT molecular complexity index is 255. The van der Waals surface area contributed by atoms with Gasteiger partial charge in [-0.2, -0.15) is 11.8 Å². The van der Waals surface area contributed by atoms with Crippen LogP contribution in [-0.4, -0.2) is 56.7 Å². The van der Waals surface area contributed by atoms with E-state index in [9.17, 15) is 8.42 Å². The molecule has 0 saturated heterocycles. The van der Waals surface area contributed by atoms with Crippen LogP contribution in [0.1, 0.15) is 13.8 Å². The van der Waals surface area contributed by atoms with E-state index in [0.717, 1.165) is 11.5 Å². The van der Waals surface area contributed by atoms with Gasteiger partial charge < -0.3 is 5.32 Å². The molecule has 1 atom stereocenters. The zero-order valence-electron chi connectivity index (χ0n) is 9.99. The van der Waals surface area contributed by atoms with Crippen molar-refractivity contribution in [2.45, 2.75) is 19.9 Å². The van der Waals surface area contributed by atoms with Gasteiger partial charge in [0, 0.05) is 31.9 Å². The fraction of sp³-hybridized carbons (Fsp3) is 1.00. The second-order valence-electron chi connectivity index (χ2n) is 3.60. The Morgan fingerprint density at radius 1 is 1.47 bits per heavy atom. The van der Waals surface area contributed by atoms with Crippen LogP contribution in [0.2, 0.25) is 0 Å². The molecule has 0 unspecified atom stereocenters. The average molecular weight is 254 g/mol. The molecular weight excluding hydrogens is 232 g/mol. The number of hydrogen-bond donors (Lipinski definition) is 1. The lowest BCUT2D eigenvalue weighted by molar-refractivity contribution is 0.452. The summed E-state index contributed by atoms with van der Waals surface area (Å²) in [5, 5.41) is 3.29. The molecule has 0 rings (SSSR count). The average Bonchev–Trinajstić information content (AvgIpc) is 2.13. The fourth-order valence-electron chi connectivity index (χ4n) is 0.988. The highest BCUT2D eigenvalue weighted by Gasteiger charge is 2.10. The lowest BCUT2D eigenvalue weighted by Gasteiger charge is -2.17. The van der Waals surface area contributed by atoms with E-state index in [-0.39, 0.29) is 0 Å². The number of rotatable bonds is 8. The smallest absolute Gasteiger partial charge is 0.210 e. The van der Waals surface area contributed by atoms with Crippen molar-refractivity contribution in [2.24, 2.45) is 0 Å². The maximum Gasteiger partial charge on any atom is 0.210 e. The molecule has 0 saturated carbocycles. The molecule has 0 bridgehead atoms. The zero-order chi connectivity index (χ0) is 11.9. The van der Waals surface area contributed by atoms with Crippen molar-refractivity contribution in [3.8, 4) is 0 Å². The molecule has 4 nitrogen and oxygen atoms in total. The summed E-state index contributed by atoms with van der Waals surface area (Å²) in [4.78, 5) is 0. The second-order valence-corrected chi connectivity index (χ2v) is 7.01. The van der Waals surface area contributed by atoms with Crippen molar-refractivity contribution in [1.82, 2.24) is 9.62 Å². The lowest BCUT2D eigenvalue weighted by atomic mass is 10.4. The van der Waals surface area contributed by atoms with E-state index in [2.05, 4.69) is 19.2 Å². The number of thioether (sulfide) groups is 1. The molecule has 1 N–H and O–H groups in total. The molecular formula is C9H22N2O2S2. The molecule has 0 aliphatic rings. The Labute approximate surface area is 97.9 Å². The Morgan fingerprint density at radius 2 is 2.07 bits per heavy atom. The summed E-state index contributed by atoms with van der Waals surface area (Å²) in [6.45, 7) is 5.48. The fourth-order valence-corrected chi connectivity index (χ4v) is 2.12. The van der Waals surface area contributed by atoms with Gasteiger partial charge in [-0.25, -0.2) is 12.7 Å². The second kappa shape index (κ2) is 7.49. The van der Waals surface area contributed by atoms with Crippen LogP contribution in [0.3, 0.4) is 0 Å².